The van der Waals surface area contributed by atoms with E-state index >= 15 is 4.39 Å². The summed E-state index contributed by atoms with van der Waals surface area (Å²) in [5, 5.41) is 14.7. The van der Waals surface area contributed by atoms with Gasteiger partial charge >= 0.3 is 5.97 Å². The molecule has 0 saturated carbocycles. The third-order valence-corrected chi connectivity index (χ3v) is 7.29. The lowest BCUT2D eigenvalue weighted by molar-refractivity contribution is -0.130. The number of rotatable bonds is 11. The number of nitrogens with zero attached hydrogens (tertiary/aromatic N) is 3. The van der Waals surface area contributed by atoms with Crippen molar-refractivity contribution in [3.63, 3.8) is 0 Å². The van der Waals surface area contributed by atoms with E-state index in [1.165, 1.54) is 4.90 Å². The van der Waals surface area contributed by atoms with Gasteiger partial charge in [-0.25, -0.2) is 22.9 Å². The van der Waals surface area contributed by atoms with E-state index in [0.717, 1.165) is 29.0 Å². The standard InChI is InChI=1S/C29H33F3N6O5/c1-3-5-21(33)27(40)35-22(6-4-2)28(41)34-16-9-10-37(13-16)26-20(32)12-17-24(39)18(29(42)43)14-38(25(17)36-26)23-8-7-15(30)11-19(23)31/h7-8,11-12,14,16,21-22H,3-6,9-10,13,33H2,1-2H3,(H,34,41)(H,35,40)(H,42,43)/t16?,21-,22-/m0/s1. The zero-order valence-electron chi connectivity index (χ0n) is 23.7. The highest BCUT2D eigenvalue weighted by molar-refractivity contribution is 5.93. The third-order valence-electron chi connectivity index (χ3n) is 7.29. The van der Waals surface area contributed by atoms with E-state index in [-0.39, 0.29) is 30.2 Å². The molecule has 1 aliphatic rings. The summed E-state index contributed by atoms with van der Waals surface area (Å²) in [7, 11) is 0. The van der Waals surface area contributed by atoms with Crippen LogP contribution in [0.15, 0.2) is 35.3 Å². The van der Waals surface area contributed by atoms with Gasteiger partial charge in [-0.05, 0) is 37.5 Å². The SMILES string of the molecule is CCC[C@H](NC(=O)[C@@H](N)CCC)C(=O)NC1CCN(c2nc3c(cc2F)c(=O)c(C(=O)O)cn3-c2ccc(F)cc2F)C1. The highest BCUT2D eigenvalue weighted by atomic mass is 19.1. The maximum atomic E-state index is 15.4. The number of carbonyl (C=O) groups is 3. The van der Waals surface area contributed by atoms with Crippen LogP contribution < -0.4 is 26.7 Å². The van der Waals surface area contributed by atoms with E-state index in [1.54, 1.807) is 0 Å². The van der Waals surface area contributed by atoms with E-state index in [1.807, 2.05) is 13.8 Å². The largest absolute Gasteiger partial charge is 0.477 e. The molecule has 5 N–H and O–H groups in total. The van der Waals surface area contributed by atoms with Crippen LogP contribution in [0.3, 0.4) is 0 Å². The first-order valence-corrected chi connectivity index (χ1v) is 14.0. The lowest BCUT2D eigenvalue weighted by Crippen LogP contribution is -2.53. The predicted octanol–water partition coefficient (Wildman–Crippen LogP) is 2.61. The minimum atomic E-state index is -1.62. The summed E-state index contributed by atoms with van der Waals surface area (Å²) < 4.78 is 44.7. The molecule has 4 rings (SSSR count). The lowest BCUT2D eigenvalue weighted by atomic mass is 10.1. The Morgan fingerprint density at radius 1 is 1.09 bits per heavy atom. The summed E-state index contributed by atoms with van der Waals surface area (Å²) in [4.78, 5) is 55.9. The second-order valence-corrected chi connectivity index (χ2v) is 10.5. The molecule has 1 aromatic carbocycles. The van der Waals surface area contributed by atoms with E-state index in [2.05, 4.69) is 15.6 Å². The Labute approximate surface area is 244 Å². The Bertz CT molecular complexity index is 1610. The minimum Gasteiger partial charge on any atom is -0.477 e. The number of nitrogens with two attached hydrogens (primary N) is 1. The van der Waals surface area contributed by atoms with Crippen molar-refractivity contribution < 1.29 is 32.7 Å². The Morgan fingerprint density at radius 3 is 2.47 bits per heavy atom. The molecule has 0 aliphatic carbocycles. The van der Waals surface area contributed by atoms with E-state index in [9.17, 15) is 33.1 Å². The molecule has 1 saturated heterocycles. The van der Waals surface area contributed by atoms with Crippen LogP contribution in [-0.4, -0.2) is 63.7 Å². The summed E-state index contributed by atoms with van der Waals surface area (Å²) in [6.07, 6.45) is 3.48. The predicted molar refractivity (Wildman–Crippen MR) is 153 cm³/mol. The first-order chi connectivity index (χ1) is 20.4. The van der Waals surface area contributed by atoms with Crippen molar-refractivity contribution >= 4 is 34.6 Å². The van der Waals surface area contributed by atoms with Crippen LogP contribution in [-0.2, 0) is 9.59 Å². The molecule has 14 heteroatoms. The van der Waals surface area contributed by atoms with Crippen LogP contribution in [0.1, 0.15) is 56.3 Å². The topological polar surface area (TPSA) is 160 Å². The first-order valence-electron chi connectivity index (χ1n) is 14.0. The van der Waals surface area contributed by atoms with Gasteiger partial charge in [0.2, 0.25) is 17.2 Å². The highest BCUT2D eigenvalue weighted by Gasteiger charge is 2.31. The molecule has 3 aromatic rings. The van der Waals surface area contributed by atoms with Crippen molar-refractivity contribution in [1.29, 1.82) is 0 Å². The number of pyridine rings is 2. The van der Waals surface area contributed by atoms with E-state index in [4.69, 9.17) is 5.73 Å². The van der Waals surface area contributed by atoms with Crippen molar-refractivity contribution in [2.75, 3.05) is 18.0 Å². The van der Waals surface area contributed by atoms with Gasteiger partial charge in [0, 0.05) is 31.4 Å². The molecule has 2 aromatic heterocycles. The molecule has 1 fully saturated rings. The number of nitrogens with one attached hydrogen (secondary N) is 2. The van der Waals surface area contributed by atoms with Crippen LogP contribution in [0.2, 0.25) is 0 Å². The zero-order valence-corrected chi connectivity index (χ0v) is 23.7. The van der Waals surface area contributed by atoms with E-state index < -0.39 is 69.7 Å². The highest BCUT2D eigenvalue weighted by Crippen LogP contribution is 2.27. The molecule has 0 radical (unpaired) electrons. The molecule has 1 aliphatic heterocycles. The third kappa shape index (κ3) is 6.79. The number of carboxylic acid groups (broad SMARTS) is 1. The van der Waals surface area contributed by atoms with Gasteiger partial charge in [-0.15, -0.1) is 0 Å². The van der Waals surface area contributed by atoms with Gasteiger partial charge in [0.15, 0.2) is 17.3 Å². The van der Waals surface area contributed by atoms with Gasteiger partial charge in [-0.2, -0.15) is 0 Å². The van der Waals surface area contributed by atoms with Crippen LogP contribution in [0.5, 0.6) is 0 Å². The van der Waals surface area contributed by atoms with Gasteiger partial charge in [-0.3, -0.25) is 19.0 Å². The molecule has 11 nitrogen and oxygen atoms in total. The fourth-order valence-corrected chi connectivity index (χ4v) is 5.10. The number of benzene rings is 1. The number of hydrogen-bond donors (Lipinski definition) is 4. The number of carboxylic acids is 1. The van der Waals surface area contributed by atoms with Gasteiger partial charge in [0.05, 0.1) is 17.1 Å². The van der Waals surface area contributed by atoms with Crippen molar-refractivity contribution in [2.24, 2.45) is 5.73 Å². The van der Waals surface area contributed by atoms with Crippen molar-refractivity contribution in [3.8, 4) is 5.69 Å². The average Bonchev–Trinajstić information content (AvgIpc) is 3.41. The Kier molecular flexibility index (Phi) is 9.69. The number of aromatic carboxylic acids is 1. The summed E-state index contributed by atoms with van der Waals surface area (Å²) in [5.41, 5.74) is 3.58. The quantitative estimate of drug-likeness (QED) is 0.261. The van der Waals surface area contributed by atoms with Gasteiger partial charge in [-0.1, -0.05) is 26.7 Å². The number of halogens is 3. The molecular weight excluding hydrogens is 569 g/mol. The van der Waals surface area contributed by atoms with Crippen molar-refractivity contribution in [1.82, 2.24) is 20.2 Å². The van der Waals surface area contributed by atoms with Crippen LogP contribution in [0.25, 0.3) is 16.7 Å². The second kappa shape index (κ2) is 13.2. The second-order valence-electron chi connectivity index (χ2n) is 10.5. The zero-order chi connectivity index (χ0) is 31.4. The fraction of sp³-hybridized carbons (Fsp3) is 0.414. The monoisotopic (exact) mass is 602 g/mol. The Hall–Kier alpha value is -4.46. The smallest absolute Gasteiger partial charge is 0.341 e. The molecule has 2 amide bonds. The van der Waals surface area contributed by atoms with Crippen molar-refractivity contribution in [3.05, 3.63) is 63.7 Å². The number of hydrogen-bond acceptors (Lipinski definition) is 7. The summed E-state index contributed by atoms with van der Waals surface area (Å²) in [5.74, 6) is -5.49. The molecule has 0 bridgehead atoms. The molecule has 3 atom stereocenters. The fourth-order valence-electron chi connectivity index (χ4n) is 5.10. The van der Waals surface area contributed by atoms with Gasteiger partial charge < -0.3 is 26.4 Å². The van der Waals surface area contributed by atoms with Crippen LogP contribution in [0.4, 0.5) is 19.0 Å². The Morgan fingerprint density at radius 2 is 1.81 bits per heavy atom. The molecule has 1 unspecified atom stereocenters. The van der Waals surface area contributed by atoms with Gasteiger partial charge in [0.1, 0.15) is 23.2 Å². The molecule has 0 spiro atoms. The number of amides is 2. The summed E-state index contributed by atoms with van der Waals surface area (Å²) in [6, 6.07) is 1.46. The number of fused-ring (bicyclic) bond motifs is 1. The first kappa shape index (κ1) is 31.5. The molecule has 230 valence electrons. The molecular formula is C29H33F3N6O5. The summed E-state index contributed by atoms with van der Waals surface area (Å²) in [6.45, 7) is 4.16. The Balaban J connectivity index is 1.62. The number of carbonyl (C=O) groups excluding carboxylic acids is 2. The maximum Gasteiger partial charge on any atom is 0.341 e. The normalized spacial score (nSPS) is 16.2. The number of anilines is 1. The molecule has 3 heterocycles. The maximum absolute atomic E-state index is 15.4. The van der Waals surface area contributed by atoms with Gasteiger partial charge in [0.25, 0.3) is 0 Å². The van der Waals surface area contributed by atoms with Crippen LogP contribution in [0, 0.1) is 17.5 Å². The molecule has 43 heavy (non-hydrogen) atoms. The average molecular weight is 603 g/mol. The van der Waals surface area contributed by atoms with Crippen LogP contribution >= 0.6 is 0 Å². The minimum absolute atomic E-state index is 0.131. The summed E-state index contributed by atoms with van der Waals surface area (Å²) >= 11 is 0. The van der Waals surface area contributed by atoms with E-state index in [0.29, 0.717) is 38.2 Å². The lowest BCUT2D eigenvalue weighted by Gasteiger charge is -2.23. The number of aromatic nitrogens is 2. The van der Waals surface area contributed by atoms with Crippen molar-refractivity contribution in [2.45, 2.75) is 64.1 Å².